The van der Waals surface area contributed by atoms with E-state index in [0.29, 0.717) is 17.1 Å². The van der Waals surface area contributed by atoms with Gasteiger partial charge in [0.15, 0.2) is 0 Å². The smallest absolute Gasteiger partial charge is 0.261 e. The highest BCUT2D eigenvalue weighted by Crippen LogP contribution is 2.24. The Kier molecular flexibility index (Phi) is 3.86. The molecule has 0 saturated carbocycles. The third kappa shape index (κ3) is 2.88. The summed E-state index contributed by atoms with van der Waals surface area (Å²) in [5.41, 5.74) is 6.40. The number of thiophene rings is 2. The van der Waals surface area contributed by atoms with E-state index in [-0.39, 0.29) is 5.91 Å². The standard InChI is InChI=1S/C11H11BrN2OS2/c1-6-8(13)4-9(17-6)11(15)14-5-10-7(12)2-3-16-10/h2-4H,5,13H2,1H3,(H,14,15). The molecule has 17 heavy (non-hydrogen) atoms. The number of nitrogen functional groups attached to an aromatic ring is 1. The lowest BCUT2D eigenvalue weighted by atomic mass is 10.3. The first kappa shape index (κ1) is 12.6. The average Bonchev–Trinajstić information content (AvgIpc) is 2.83. The normalized spacial score (nSPS) is 10.5. The number of aryl methyl sites for hydroxylation is 1. The topological polar surface area (TPSA) is 55.1 Å². The summed E-state index contributed by atoms with van der Waals surface area (Å²) >= 11 is 6.46. The monoisotopic (exact) mass is 330 g/mol. The fraction of sp³-hybridized carbons (Fsp3) is 0.182. The summed E-state index contributed by atoms with van der Waals surface area (Å²) in [6.45, 7) is 2.45. The van der Waals surface area contributed by atoms with Crippen molar-refractivity contribution < 1.29 is 4.79 Å². The van der Waals surface area contributed by atoms with Gasteiger partial charge in [-0.25, -0.2) is 0 Å². The molecule has 0 aliphatic heterocycles. The van der Waals surface area contributed by atoms with Crippen LogP contribution in [0.5, 0.6) is 0 Å². The third-order valence-electron chi connectivity index (χ3n) is 2.28. The Morgan fingerprint density at radius 1 is 1.59 bits per heavy atom. The second-order valence-electron chi connectivity index (χ2n) is 3.50. The highest BCUT2D eigenvalue weighted by atomic mass is 79.9. The number of anilines is 1. The van der Waals surface area contributed by atoms with Crippen LogP contribution in [0.2, 0.25) is 0 Å². The van der Waals surface area contributed by atoms with Crippen molar-refractivity contribution in [2.24, 2.45) is 0 Å². The largest absolute Gasteiger partial charge is 0.398 e. The number of hydrogen-bond acceptors (Lipinski definition) is 4. The summed E-state index contributed by atoms with van der Waals surface area (Å²) in [5.74, 6) is -0.0740. The van der Waals surface area contributed by atoms with Gasteiger partial charge in [-0.2, -0.15) is 0 Å². The predicted molar refractivity (Wildman–Crippen MR) is 76.7 cm³/mol. The van der Waals surface area contributed by atoms with Gasteiger partial charge in [-0.1, -0.05) is 0 Å². The van der Waals surface area contributed by atoms with Crippen molar-refractivity contribution in [2.75, 3.05) is 5.73 Å². The summed E-state index contributed by atoms with van der Waals surface area (Å²) in [7, 11) is 0. The maximum absolute atomic E-state index is 11.8. The molecule has 6 heteroatoms. The first-order valence-corrected chi connectivity index (χ1v) is 7.43. The van der Waals surface area contributed by atoms with Gasteiger partial charge in [0, 0.05) is 19.9 Å². The second kappa shape index (κ2) is 5.20. The van der Waals surface area contributed by atoms with Crippen LogP contribution in [0.3, 0.4) is 0 Å². The molecule has 0 aliphatic rings. The average molecular weight is 331 g/mol. The van der Waals surface area contributed by atoms with Crippen LogP contribution in [0, 0.1) is 6.92 Å². The minimum Gasteiger partial charge on any atom is -0.398 e. The zero-order valence-electron chi connectivity index (χ0n) is 9.12. The Morgan fingerprint density at radius 2 is 2.35 bits per heavy atom. The van der Waals surface area contributed by atoms with Crippen molar-refractivity contribution in [2.45, 2.75) is 13.5 Å². The van der Waals surface area contributed by atoms with Crippen molar-refractivity contribution in [3.63, 3.8) is 0 Å². The second-order valence-corrected chi connectivity index (χ2v) is 6.61. The van der Waals surface area contributed by atoms with Gasteiger partial charge in [0.2, 0.25) is 0 Å². The molecule has 3 nitrogen and oxygen atoms in total. The van der Waals surface area contributed by atoms with Crippen LogP contribution < -0.4 is 11.1 Å². The molecular weight excluding hydrogens is 320 g/mol. The Balaban J connectivity index is 2.00. The first-order chi connectivity index (χ1) is 8.08. The molecule has 2 heterocycles. The molecule has 0 aliphatic carbocycles. The van der Waals surface area contributed by atoms with Crippen LogP contribution in [0.4, 0.5) is 5.69 Å². The van der Waals surface area contributed by atoms with Gasteiger partial charge in [0.25, 0.3) is 5.91 Å². The minimum atomic E-state index is -0.0740. The van der Waals surface area contributed by atoms with Gasteiger partial charge in [-0.3, -0.25) is 4.79 Å². The molecule has 2 aromatic heterocycles. The van der Waals surface area contributed by atoms with Crippen molar-refractivity contribution in [1.29, 1.82) is 0 Å². The van der Waals surface area contributed by atoms with E-state index in [9.17, 15) is 4.79 Å². The Hall–Kier alpha value is -0.850. The van der Waals surface area contributed by atoms with Crippen molar-refractivity contribution in [3.8, 4) is 0 Å². The highest BCUT2D eigenvalue weighted by molar-refractivity contribution is 9.10. The Morgan fingerprint density at radius 3 is 2.88 bits per heavy atom. The molecule has 2 aromatic rings. The SMILES string of the molecule is Cc1sc(C(=O)NCc2sccc2Br)cc1N. The highest BCUT2D eigenvalue weighted by Gasteiger charge is 2.11. The zero-order chi connectivity index (χ0) is 12.4. The third-order valence-corrected chi connectivity index (χ3v) is 5.27. The van der Waals surface area contributed by atoms with E-state index in [1.54, 1.807) is 17.4 Å². The number of amides is 1. The minimum absolute atomic E-state index is 0.0740. The summed E-state index contributed by atoms with van der Waals surface area (Å²) in [5, 5.41) is 4.86. The van der Waals surface area contributed by atoms with E-state index in [0.717, 1.165) is 14.2 Å². The molecule has 0 atom stereocenters. The lowest BCUT2D eigenvalue weighted by Crippen LogP contribution is -2.21. The Bertz CT molecular complexity index is 528. The fourth-order valence-electron chi connectivity index (χ4n) is 1.31. The van der Waals surface area contributed by atoms with E-state index in [4.69, 9.17) is 5.73 Å². The van der Waals surface area contributed by atoms with Crippen LogP contribution in [0.1, 0.15) is 19.4 Å². The molecule has 0 radical (unpaired) electrons. The number of carbonyl (C=O) groups is 1. The van der Waals surface area contributed by atoms with Gasteiger partial charge in [0.1, 0.15) is 0 Å². The summed E-state index contributed by atoms with van der Waals surface area (Å²) in [6.07, 6.45) is 0. The number of nitrogens with two attached hydrogens (primary N) is 1. The molecule has 0 aromatic carbocycles. The number of carbonyl (C=O) groups excluding carboxylic acids is 1. The first-order valence-electron chi connectivity index (χ1n) is 4.94. The van der Waals surface area contributed by atoms with Gasteiger partial charge >= 0.3 is 0 Å². The van der Waals surface area contributed by atoms with Crippen molar-refractivity contribution >= 4 is 50.2 Å². The zero-order valence-corrected chi connectivity index (χ0v) is 12.3. The van der Waals surface area contributed by atoms with Crippen LogP contribution in [-0.4, -0.2) is 5.91 Å². The lowest BCUT2D eigenvalue weighted by Gasteiger charge is -2.01. The van der Waals surface area contributed by atoms with Crippen LogP contribution >= 0.6 is 38.6 Å². The number of halogens is 1. The molecule has 0 saturated heterocycles. The van der Waals surface area contributed by atoms with Crippen LogP contribution in [0.25, 0.3) is 0 Å². The number of rotatable bonds is 3. The van der Waals surface area contributed by atoms with Gasteiger partial charge in [0.05, 0.1) is 11.4 Å². The molecule has 1 amide bonds. The van der Waals surface area contributed by atoms with Gasteiger partial charge in [-0.05, 0) is 40.4 Å². The van der Waals surface area contributed by atoms with E-state index >= 15 is 0 Å². The van der Waals surface area contributed by atoms with Crippen LogP contribution in [0.15, 0.2) is 22.0 Å². The van der Waals surface area contributed by atoms with Gasteiger partial charge in [-0.15, -0.1) is 22.7 Å². The number of nitrogens with one attached hydrogen (secondary N) is 1. The quantitative estimate of drug-likeness (QED) is 0.906. The van der Waals surface area contributed by atoms with Crippen LogP contribution in [-0.2, 0) is 6.54 Å². The van der Waals surface area contributed by atoms with E-state index in [2.05, 4.69) is 21.2 Å². The lowest BCUT2D eigenvalue weighted by molar-refractivity contribution is 0.0955. The Labute approximate surface area is 116 Å². The van der Waals surface area contributed by atoms with E-state index < -0.39 is 0 Å². The fourth-order valence-corrected chi connectivity index (χ4v) is 3.60. The molecule has 0 fully saturated rings. The molecular formula is C11H11BrN2OS2. The maximum atomic E-state index is 11.8. The summed E-state index contributed by atoms with van der Waals surface area (Å²) in [4.78, 5) is 14.6. The molecule has 90 valence electrons. The van der Waals surface area contributed by atoms with Crippen molar-refractivity contribution in [3.05, 3.63) is 36.6 Å². The van der Waals surface area contributed by atoms with Crippen molar-refractivity contribution in [1.82, 2.24) is 5.32 Å². The molecule has 0 unspecified atom stereocenters. The maximum Gasteiger partial charge on any atom is 0.261 e. The summed E-state index contributed by atoms with van der Waals surface area (Å²) in [6, 6.07) is 3.69. The summed E-state index contributed by atoms with van der Waals surface area (Å²) < 4.78 is 1.03. The molecule has 3 N–H and O–H groups in total. The van der Waals surface area contributed by atoms with E-state index in [1.165, 1.54) is 11.3 Å². The number of hydrogen-bond donors (Lipinski definition) is 2. The molecule has 0 spiro atoms. The molecule has 2 rings (SSSR count). The molecule has 0 bridgehead atoms. The van der Waals surface area contributed by atoms with Gasteiger partial charge < -0.3 is 11.1 Å². The predicted octanol–water partition coefficient (Wildman–Crippen LogP) is 3.39. The van der Waals surface area contributed by atoms with E-state index in [1.807, 2.05) is 18.4 Å².